The average molecular weight is 388 g/mol. The third kappa shape index (κ3) is 3.93. The van der Waals surface area contributed by atoms with Crippen LogP contribution in [-0.2, 0) is 21.2 Å². The standard InChI is InChI=1S/C20H25N3O3S/c1-4-22(5-2)18-8-6-17(7-9-18)21-27(25,26)19-10-11-20-16(14-19)12-13-23(20)15(3)24/h6-11,14,21H,4-5,12-13H2,1-3H3. The van der Waals surface area contributed by atoms with Crippen LogP contribution in [0.2, 0.25) is 0 Å². The van der Waals surface area contributed by atoms with Gasteiger partial charge in [0, 0.05) is 43.6 Å². The summed E-state index contributed by atoms with van der Waals surface area (Å²) in [7, 11) is -3.68. The van der Waals surface area contributed by atoms with Crippen molar-refractivity contribution in [3.05, 3.63) is 48.0 Å². The number of sulfonamides is 1. The van der Waals surface area contributed by atoms with Crippen LogP contribution in [-0.4, -0.2) is 34.0 Å². The lowest BCUT2D eigenvalue weighted by Crippen LogP contribution is -2.25. The summed E-state index contributed by atoms with van der Waals surface area (Å²) in [4.78, 5) is 15.7. The topological polar surface area (TPSA) is 69.7 Å². The van der Waals surface area contributed by atoms with Gasteiger partial charge in [-0.05, 0) is 68.3 Å². The van der Waals surface area contributed by atoms with Crippen molar-refractivity contribution in [3.63, 3.8) is 0 Å². The SMILES string of the molecule is CCN(CC)c1ccc(NS(=O)(=O)c2ccc3c(c2)CCN3C(C)=O)cc1. The van der Waals surface area contributed by atoms with Gasteiger partial charge in [-0.1, -0.05) is 0 Å². The normalized spacial score (nSPS) is 13.4. The molecule has 0 aromatic heterocycles. The van der Waals surface area contributed by atoms with Gasteiger partial charge < -0.3 is 9.80 Å². The number of nitrogens with one attached hydrogen (secondary N) is 1. The Morgan fingerprint density at radius 2 is 1.78 bits per heavy atom. The van der Waals surface area contributed by atoms with E-state index in [9.17, 15) is 13.2 Å². The predicted octanol–water partition coefficient (Wildman–Crippen LogP) is 3.24. The second-order valence-corrected chi connectivity index (χ2v) is 8.22. The molecule has 0 fully saturated rings. The molecule has 0 aliphatic carbocycles. The molecule has 3 rings (SSSR count). The molecule has 7 heteroatoms. The number of anilines is 3. The molecular weight excluding hydrogens is 362 g/mol. The Balaban J connectivity index is 1.80. The molecule has 1 N–H and O–H groups in total. The van der Waals surface area contributed by atoms with E-state index in [1.165, 1.54) is 6.92 Å². The van der Waals surface area contributed by atoms with Gasteiger partial charge in [-0.15, -0.1) is 0 Å². The highest BCUT2D eigenvalue weighted by atomic mass is 32.2. The summed E-state index contributed by atoms with van der Waals surface area (Å²) in [5, 5.41) is 0. The Hall–Kier alpha value is -2.54. The molecular formula is C20H25N3O3S. The lowest BCUT2D eigenvalue weighted by atomic mass is 10.2. The van der Waals surface area contributed by atoms with Gasteiger partial charge >= 0.3 is 0 Å². The largest absolute Gasteiger partial charge is 0.372 e. The Morgan fingerprint density at radius 1 is 1.11 bits per heavy atom. The van der Waals surface area contributed by atoms with Crippen molar-refractivity contribution >= 4 is 33.0 Å². The second kappa shape index (κ2) is 7.60. The minimum Gasteiger partial charge on any atom is -0.372 e. The third-order valence-corrected chi connectivity index (χ3v) is 6.26. The molecule has 6 nitrogen and oxygen atoms in total. The number of carbonyl (C=O) groups is 1. The van der Waals surface area contributed by atoms with Crippen LogP contribution in [0.25, 0.3) is 0 Å². The summed E-state index contributed by atoms with van der Waals surface area (Å²) >= 11 is 0. The van der Waals surface area contributed by atoms with Crippen molar-refractivity contribution in [3.8, 4) is 0 Å². The Morgan fingerprint density at radius 3 is 2.37 bits per heavy atom. The first-order valence-electron chi connectivity index (χ1n) is 9.14. The molecule has 0 saturated carbocycles. The number of carbonyl (C=O) groups excluding carboxylic acids is 1. The highest BCUT2D eigenvalue weighted by Crippen LogP contribution is 2.31. The van der Waals surface area contributed by atoms with Gasteiger partial charge in [0.2, 0.25) is 5.91 Å². The Labute approximate surface area is 160 Å². The van der Waals surface area contributed by atoms with Crippen molar-refractivity contribution in [2.45, 2.75) is 32.1 Å². The summed E-state index contributed by atoms with van der Waals surface area (Å²) in [6.45, 7) is 8.07. The fourth-order valence-corrected chi connectivity index (χ4v) is 4.52. The molecule has 2 aromatic carbocycles. The molecule has 2 aromatic rings. The van der Waals surface area contributed by atoms with E-state index in [1.807, 2.05) is 12.1 Å². The zero-order chi connectivity index (χ0) is 19.6. The zero-order valence-electron chi connectivity index (χ0n) is 15.9. The van der Waals surface area contributed by atoms with Crippen LogP contribution in [0.3, 0.4) is 0 Å². The Kier molecular flexibility index (Phi) is 5.41. The summed E-state index contributed by atoms with van der Waals surface area (Å²) in [6.07, 6.45) is 0.664. The fourth-order valence-electron chi connectivity index (χ4n) is 3.42. The van der Waals surface area contributed by atoms with Crippen LogP contribution in [0.4, 0.5) is 17.1 Å². The highest BCUT2D eigenvalue weighted by molar-refractivity contribution is 7.92. The third-order valence-electron chi connectivity index (χ3n) is 4.89. The fraction of sp³-hybridized carbons (Fsp3) is 0.350. The first-order chi connectivity index (χ1) is 12.9. The van der Waals surface area contributed by atoms with E-state index in [-0.39, 0.29) is 10.8 Å². The molecule has 0 saturated heterocycles. The lowest BCUT2D eigenvalue weighted by molar-refractivity contribution is -0.116. The first kappa shape index (κ1) is 19.2. The zero-order valence-corrected chi connectivity index (χ0v) is 16.7. The molecule has 0 bridgehead atoms. The van der Waals surface area contributed by atoms with E-state index in [0.717, 1.165) is 30.0 Å². The van der Waals surface area contributed by atoms with Crippen LogP contribution in [0, 0.1) is 0 Å². The van der Waals surface area contributed by atoms with Gasteiger partial charge in [-0.2, -0.15) is 0 Å². The molecule has 1 heterocycles. The van der Waals surface area contributed by atoms with Crippen LogP contribution in [0.15, 0.2) is 47.4 Å². The number of rotatable bonds is 6. The Bertz CT molecular complexity index is 935. The van der Waals surface area contributed by atoms with Crippen molar-refractivity contribution in [1.82, 2.24) is 0 Å². The van der Waals surface area contributed by atoms with E-state index in [0.29, 0.717) is 18.7 Å². The maximum absolute atomic E-state index is 12.7. The van der Waals surface area contributed by atoms with E-state index >= 15 is 0 Å². The van der Waals surface area contributed by atoms with Crippen molar-refractivity contribution < 1.29 is 13.2 Å². The summed E-state index contributed by atoms with van der Waals surface area (Å²) in [5.74, 6) is -0.0317. The summed E-state index contributed by atoms with van der Waals surface area (Å²) in [5.41, 5.74) is 3.26. The maximum Gasteiger partial charge on any atom is 0.261 e. The smallest absolute Gasteiger partial charge is 0.261 e. The van der Waals surface area contributed by atoms with Gasteiger partial charge in [0.1, 0.15) is 0 Å². The molecule has 1 aliphatic rings. The minimum absolute atomic E-state index is 0.0317. The van der Waals surface area contributed by atoms with Crippen LogP contribution < -0.4 is 14.5 Å². The summed E-state index contributed by atoms with van der Waals surface area (Å²) < 4.78 is 28.1. The molecule has 27 heavy (non-hydrogen) atoms. The maximum atomic E-state index is 12.7. The van der Waals surface area contributed by atoms with Crippen molar-refractivity contribution in [1.29, 1.82) is 0 Å². The van der Waals surface area contributed by atoms with Gasteiger partial charge in [-0.25, -0.2) is 8.42 Å². The van der Waals surface area contributed by atoms with Gasteiger partial charge in [0.05, 0.1) is 4.90 Å². The quantitative estimate of drug-likeness (QED) is 0.826. The second-order valence-electron chi connectivity index (χ2n) is 6.54. The number of nitrogens with zero attached hydrogens (tertiary/aromatic N) is 2. The van der Waals surface area contributed by atoms with Gasteiger partial charge in [0.25, 0.3) is 10.0 Å². The molecule has 0 unspecified atom stereocenters. The van der Waals surface area contributed by atoms with E-state index in [1.54, 1.807) is 35.2 Å². The number of amides is 1. The molecule has 0 spiro atoms. The summed E-state index contributed by atoms with van der Waals surface area (Å²) in [6, 6.07) is 12.3. The first-order valence-corrected chi connectivity index (χ1v) is 10.6. The molecule has 0 radical (unpaired) electrons. The number of hydrogen-bond acceptors (Lipinski definition) is 4. The van der Waals surface area contributed by atoms with Gasteiger partial charge in [0.15, 0.2) is 0 Å². The monoisotopic (exact) mass is 387 g/mol. The molecule has 0 atom stereocenters. The van der Waals surface area contributed by atoms with Crippen molar-refractivity contribution in [2.75, 3.05) is 34.2 Å². The van der Waals surface area contributed by atoms with E-state index in [4.69, 9.17) is 0 Å². The van der Waals surface area contributed by atoms with Gasteiger partial charge in [-0.3, -0.25) is 9.52 Å². The average Bonchev–Trinajstić information content (AvgIpc) is 3.07. The number of hydrogen-bond donors (Lipinski definition) is 1. The highest BCUT2D eigenvalue weighted by Gasteiger charge is 2.24. The van der Waals surface area contributed by atoms with Crippen LogP contribution in [0.5, 0.6) is 0 Å². The van der Waals surface area contributed by atoms with E-state index < -0.39 is 10.0 Å². The number of benzene rings is 2. The minimum atomic E-state index is -3.68. The van der Waals surface area contributed by atoms with E-state index in [2.05, 4.69) is 23.5 Å². The molecule has 144 valence electrons. The molecule has 1 aliphatic heterocycles. The molecule has 1 amide bonds. The lowest BCUT2D eigenvalue weighted by Gasteiger charge is -2.21. The van der Waals surface area contributed by atoms with Crippen LogP contribution >= 0.6 is 0 Å². The predicted molar refractivity (Wildman–Crippen MR) is 109 cm³/mol. The van der Waals surface area contributed by atoms with Crippen molar-refractivity contribution in [2.24, 2.45) is 0 Å². The van der Waals surface area contributed by atoms with Crippen LogP contribution in [0.1, 0.15) is 26.3 Å². The number of fused-ring (bicyclic) bond motifs is 1.